The number of nitrogens with one attached hydrogen (secondary N) is 2. The van der Waals surface area contributed by atoms with Gasteiger partial charge in [0.25, 0.3) is 5.91 Å². The van der Waals surface area contributed by atoms with Gasteiger partial charge in [-0.15, -0.1) is 0 Å². The number of aromatic hydroxyl groups is 1. The lowest BCUT2D eigenvalue weighted by Gasteiger charge is -2.37. The van der Waals surface area contributed by atoms with Gasteiger partial charge < -0.3 is 26.2 Å². The van der Waals surface area contributed by atoms with Crippen molar-refractivity contribution in [2.75, 3.05) is 38.2 Å². The molecule has 8 nitrogen and oxygen atoms in total. The summed E-state index contributed by atoms with van der Waals surface area (Å²) in [6.07, 6.45) is 3.15. The number of hydrogen-bond acceptors (Lipinski definition) is 7. The molecule has 5 N–H and O–H groups in total. The van der Waals surface area contributed by atoms with Crippen LogP contribution in [0, 0.1) is 0 Å². The minimum atomic E-state index is -0.285. The first-order valence-corrected chi connectivity index (χ1v) is 12.7. The second-order valence-corrected chi connectivity index (χ2v) is 9.09. The maximum absolute atomic E-state index is 12.3. The van der Waals surface area contributed by atoms with Gasteiger partial charge in [-0.05, 0) is 48.0 Å². The van der Waals surface area contributed by atoms with Crippen molar-refractivity contribution in [1.82, 2.24) is 15.2 Å². The molecule has 1 amide bonds. The Morgan fingerprint density at radius 3 is 2.77 bits per heavy atom. The van der Waals surface area contributed by atoms with Crippen LogP contribution in [0.2, 0.25) is 0 Å². The fourth-order valence-electron chi connectivity index (χ4n) is 4.07. The standard InChI is InChI=1S/C26H30BrN5O3/c27-13-18-3-5-21(6-4-18)31-22-7-8-25(33)23(12-22)24-17-35-11-10-32(24)16-20(28)15-30-26(34)19-2-1-9-29-14-19/h1-9,12,14,20,24,31,33H,10-11,13,15-17,28H2,(H,30,34). The number of alkyl halides is 1. The van der Waals surface area contributed by atoms with E-state index in [1.165, 1.54) is 11.8 Å². The van der Waals surface area contributed by atoms with E-state index in [1.807, 2.05) is 24.3 Å². The molecule has 0 saturated carbocycles. The normalized spacial score (nSPS) is 17.0. The Labute approximate surface area is 213 Å². The van der Waals surface area contributed by atoms with Gasteiger partial charge in [0, 0.05) is 60.3 Å². The number of pyridine rings is 1. The summed E-state index contributed by atoms with van der Waals surface area (Å²) >= 11 is 3.46. The first-order chi connectivity index (χ1) is 17.0. The molecule has 1 saturated heterocycles. The largest absolute Gasteiger partial charge is 0.508 e. The van der Waals surface area contributed by atoms with Crippen LogP contribution in [0.15, 0.2) is 67.0 Å². The third-order valence-corrected chi connectivity index (χ3v) is 6.59. The smallest absolute Gasteiger partial charge is 0.252 e. The second-order valence-electron chi connectivity index (χ2n) is 8.53. The predicted molar refractivity (Wildman–Crippen MR) is 140 cm³/mol. The Kier molecular flexibility index (Phi) is 8.70. The molecule has 0 bridgehead atoms. The number of ether oxygens (including phenoxy) is 1. The molecular weight excluding hydrogens is 510 g/mol. The number of phenolic OH excluding ortho intramolecular Hbond substituents is 1. The van der Waals surface area contributed by atoms with E-state index in [4.69, 9.17) is 10.5 Å². The number of aromatic nitrogens is 1. The van der Waals surface area contributed by atoms with Gasteiger partial charge >= 0.3 is 0 Å². The van der Waals surface area contributed by atoms with E-state index < -0.39 is 0 Å². The second kappa shape index (κ2) is 12.1. The molecule has 9 heteroatoms. The highest BCUT2D eigenvalue weighted by molar-refractivity contribution is 9.08. The van der Waals surface area contributed by atoms with Crippen LogP contribution in [0.4, 0.5) is 11.4 Å². The van der Waals surface area contributed by atoms with Gasteiger partial charge in [-0.3, -0.25) is 14.7 Å². The highest BCUT2D eigenvalue weighted by Crippen LogP contribution is 2.34. The summed E-state index contributed by atoms with van der Waals surface area (Å²) in [7, 11) is 0. The fourth-order valence-corrected chi connectivity index (χ4v) is 4.45. The van der Waals surface area contributed by atoms with Gasteiger partial charge in [-0.1, -0.05) is 28.1 Å². The predicted octanol–water partition coefficient (Wildman–Crippen LogP) is 3.56. The number of carbonyl (C=O) groups is 1. The molecule has 1 aliphatic heterocycles. The molecule has 3 aromatic rings. The molecule has 0 aliphatic carbocycles. The highest BCUT2D eigenvalue weighted by Gasteiger charge is 2.28. The van der Waals surface area contributed by atoms with E-state index >= 15 is 0 Å². The number of amides is 1. The summed E-state index contributed by atoms with van der Waals surface area (Å²) in [5.74, 6) is 0.0109. The average Bonchev–Trinajstić information content (AvgIpc) is 2.90. The zero-order valence-corrected chi connectivity index (χ0v) is 20.9. The lowest BCUT2D eigenvalue weighted by Crippen LogP contribution is -2.49. The fraction of sp³-hybridized carbons (Fsp3) is 0.308. The molecule has 1 fully saturated rings. The van der Waals surface area contributed by atoms with Crippen molar-refractivity contribution in [3.63, 3.8) is 0 Å². The van der Waals surface area contributed by atoms with Crippen LogP contribution in [0.5, 0.6) is 5.75 Å². The van der Waals surface area contributed by atoms with E-state index in [9.17, 15) is 9.90 Å². The molecule has 184 valence electrons. The third-order valence-electron chi connectivity index (χ3n) is 5.94. The quantitative estimate of drug-likeness (QED) is 0.243. The number of nitrogens with zero attached hydrogens (tertiary/aromatic N) is 2. The van der Waals surface area contributed by atoms with Gasteiger partial charge in [-0.25, -0.2) is 0 Å². The number of rotatable bonds is 9. The maximum atomic E-state index is 12.3. The zero-order valence-electron chi connectivity index (χ0n) is 19.4. The Balaban J connectivity index is 1.41. The van der Waals surface area contributed by atoms with E-state index in [0.717, 1.165) is 22.3 Å². The molecule has 0 radical (unpaired) electrons. The van der Waals surface area contributed by atoms with Crippen molar-refractivity contribution >= 4 is 33.2 Å². The molecule has 1 aliphatic rings. The van der Waals surface area contributed by atoms with E-state index in [1.54, 1.807) is 24.4 Å². The monoisotopic (exact) mass is 539 g/mol. The van der Waals surface area contributed by atoms with Gasteiger partial charge in [0.1, 0.15) is 5.75 Å². The van der Waals surface area contributed by atoms with Crippen LogP contribution in [0.25, 0.3) is 0 Å². The van der Waals surface area contributed by atoms with Crippen LogP contribution in [0.3, 0.4) is 0 Å². The lowest BCUT2D eigenvalue weighted by atomic mass is 10.0. The molecule has 1 aromatic heterocycles. The Hall–Kier alpha value is -2.98. The zero-order chi connectivity index (χ0) is 24.6. The average molecular weight is 540 g/mol. The van der Waals surface area contributed by atoms with Crippen LogP contribution < -0.4 is 16.4 Å². The Morgan fingerprint density at radius 2 is 2.03 bits per heavy atom. The molecule has 4 rings (SSSR count). The molecule has 2 heterocycles. The topological polar surface area (TPSA) is 113 Å². The van der Waals surface area contributed by atoms with E-state index in [2.05, 4.69) is 48.6 Å². The number of carbonyl (C=O) groups excluding carboxylic acids is 1. The number of anilines is 2. The highest BCUT2D eigenvalue weighted by atomic mass is 79.9. The molecule has 2 aromatic carbocycles. The van der Waals surface area contributed by atoms with Crippen molar-refractivity contribution < 1.29 is 14.6 Å². The summed E-state index contributed by atoms with van der Waals surface area (Å²) in [6.45, 7) is 2.60. The first kappa shape index (κ1) is 25.1. The summed E-state index contributed by atoms with van der Waals surface area (Å²) in [5, 5.41) is 17.8. The Bertz CT molecular complexity index is 1110. The number of morpholine rings is 1. The molecule has 35 heavy (non-hydrogen) atoms. The molecule has 0 spiro atoms. The van der Waals surface area contributed by atoms with Gasteiger partial charge in [-0.2, -0.15) is 0 Å². The van der Waals surface area contributed by atoms with E-state index in [-0.39, 0.29) is 23.7 Å². The third kappa shape index (κ3) is 6.79. The summed E-state index contributed by atoms with van der Waals surface area (Å²) < 4.78 is 5.75. The van der Waals surface area contributed by atoms with Crippen molar-refractivity contribution in [2.24, 2.45) is 5.73 Å². The Morgan fingerprint density at radius 1 is 1.23 bits per heavy atom. The van der Waals surface area contributed by atoms with Crippen LogP contribution in [-0.4, -0.2) is 59.8 Å². The molecular formula is C26H30BrN5O3. The number of halogens is 1. The SMILES string of the molecule is NC(CNC(=O)c1cccnc1)CN1CCOCC1c1cc(Nc2ccc(CBr)cc2)ccc1O. The summed E-state index contributed by atoms with van der Waals surface area (Å²) in [4.78, 5) is 18.5. The molecule has 2 unspecified atom stereocenters. The number of benzene rings is 2. The first-order valence-electron chi connectivity index (χ1n) is 11.5. The number of hydrogen-bond donors (Lipinski definition) is 4. The molecule has 2 atom stereocenters. The minimum absolute atomic E-state index is 0.152. The van der Waals surface area contributed by atoms with Crippen molar-refractivity contribution in [3.05, 3.63) is 83.7 Å². The van der Waals surface area contributed by atoms with Crippen molar-refractivity contribution in [3.8, 4) is 5.75 Å². The van der Waals surface area contributed by atoms with Crippen molar-refractivity contribution in [2.45, 2.75) is 17.4 Å². The van der Waals surface area contributed by atoms with Crippen LogP contribution >= 0.6 is 15.9 Å². The van der Waals surface area contributed by atoms with Crippen LogP contribution in [0.1, 0.15) is 27.5 Å². The van der Waals surface area contributed by atoms with Crippen molar-refractivity contribution in [1.29, 1.82) is 0 Å². The van der Waals surface area contributed by atoms with Gasteiger partial charge in [0.05, 0.1) is 24.8 Å². The number of phenols is 1. The van der Waals surface area contributed by atoms with Gasteiger partial charge in [0.2, 0.25) is 0 Å². The maximum Gasteiger partial charge on any atom is 0.252 e. The van der Waals surface area contributed by atoms with Gasteiger partial charge in [0.15, 0.2) is 0 Å². The summed E-state index contributed by atoms with van der Waals surface area (Å²) in [5.41, 5.74) is 10.7. The van der Waals surface area contributed by atoms with E-state index in [0.29, 0.717) is 38.4 Å². The minimum Gasteiger partial charge on any atom is -0.508 e. The lowest BCUT2D eigenvalue weighted by molar-refractivity contribution is -0.0115. The summed E-state index contributed by atoms with van der Waals surface area (Å²) in [6, 6.07) is 16.7. The number of nitrogens with two attached hydrogens (primary N) is 1. The van der Waals surface area contributed by atoms with Crippen LogP contribution in [-0.2, 0) is 10.1 Å².